The molecule has 1 aromatic carbocycles. The summed E-state index contributed by atoms with van der Waals surface area (Å²) in [5, 5.41) is 0.941. The third-order valence-corrected chi connectivity index (χ3v) is 4.77. The topological polar surface area (TPSA) is 51.5 Å². The van der Waals surface area contributed by atoms with Gasteiger partial charge in [0.2, 0.25) is 5.91 Å². The number of hydrogen-bond donors (Lipinski definition) is 0. The number of methoxy groups -OCH3 is 1. The lowest BCUT2D eigenvalue weighted by molar-refractivity contribution is -0.132. The van der Waals surface area contributed by atoms with Gasteiger partial charge in [0.15, 0.2) is 0 Å². The Morgan fingerprint density at radius 1 is 1.04 bits per heavy atom. The summed E-state index contributed by atoms with van der Waals surface area (Å²) in [6, 6.07) is 7.60. The van der Waals surface area contributed by atoms with Crippen LogP contribution < -0.4 is 10.3 Å². The maximum atomic E-state index is 13.2. The molecule has 28 heavy (non-hydrogen) atoms. The molecule has 5 nitrogen and oxygen atoms in total. The molecule has 0 spiro atoms. The van der Waals surface area contributed by atoms with Crippen LogP contribution >= 0.6 is 0 Å². The molecule has 0 N–H and O–H groups in total. The molecule has 2 aromatic rings. The first-order chi connectivity index (χ1) is 13.1. The van der Waals surface area contributed by atoms with E-state index in [0.29, 0.717) is 30.7 Å². The van der Waals surface area contributed by atoms with Crippen LogP contribution in [-0.2, 0) is 11.3 Å². The molecular formula is C23H34N2O3. The van der Waals surface area contributed by atoms with Crippen LogP contribution in [0.2, 0.25) is 0 Å². The van der Waals surface area contributed by atoms with E-state index in [4.69, 9.17) is 4.74 Å². The Balaban J connectivity index is 2.55. The Hall–Kier alpha value is -2.30. The van der Waals surface area contributed by atoms with E-state index in [-0.39, 0.29) is 23.9 Å². The number of pyridine rings is 1. The monoisotopic (exact) mass is 386 g/mol. The van der Waals surface area contributed by atoms with Crippen LogP contribution in [-0.4, -0.2) is 35.6 Å². The minimum absolute atomic E-state index is 0.0190. The van der Waals surface area contributed by atoms with Gasteiger partial charge in [-0.05, 0) is 41.3 Å². The third kappa shape index (κ3) is 5.15. The Bertz CT molecular complexity index is 871. The van der Waals surface area contributed by atoms with Crippen molar-refractivity contribution in [2.45, 2.75) is 54.0 Å². The van der Waals surface area contributed by atoms with E-state index in [1.165, 1.54) is 0 Å². The summed E-state index contributed by atoms with van der Waals surface area (Å²) in [5.41, 5.74) is 1.36. The number of nitrogens with zero attached hydrogens (tertiary/aromatic N) is 2. The lowest BCUT2D eigenvalue weighted by atomic mass is 10.0. The van der Waals surface area contributed by atoms with Crippen LogP contribution in [0.1, 0.15) is 53.0 Å². The number of hydrogen-bond acceptors (Lipinski definition) is 3. The molecule has 0 fully saturated rings. The average Bonchev–Trinajstić information content (AvgIpc) is 2.61. The van der Waals surface area contributed by atoms with Crippen LogP contribution in [0.15, 0.2) is 29.1 Å². The summed E-state index contributed by atoms with van der Waals surface area (Å²) in [4.78, 5) is 28.2. The Labute approximate surface area is 168 Å². The molecule has 0 radical (unpaired) electrons. The zero-order valence-corrected chi connectivity index (χ0v) is 18.3. The van der Waals surface area contributed by atoms with Gasteiger partial charge in [-0.2, -0.15) is 0 Å². The first-order valence-electron chi connectivity index (χ1n) is 10.1. The molecule has 1 amide bonds. The minimum atomic E-state index is -0.0989. The van der Waals surface area contributed by atoms with E-state index in [0.717, 1.165) is 16.5 Å². The molecule has 1 aromatic heterocycles. The number of rotatable bonds is 8. The normalized spacial score (nSPS) is 11.6. The van der Waals surface area contributed by atoms with Crippen molar-refractivity contribution in [3.63, 3.8) is 0 Å². The summed E-state index contributed by atoms with van der Waals surface area (Å²) in [5.74, 6) is 1.49. The second kappa shape index (κ2) is 9.26. The molecular weight excluding hydrogens is 352 g/mol. The molecule has 1 heterocycles. The number of ether oxygens (including phenoxy) is 1. The van der Waals surface area contributed by atoms with Crippen molar-refractivity contribution in [1.29, 1.82) is 0 Å². The predicted octanol–water partition coefficient (Wildman–Crippen LogP) is 4.27. The quantitative estimate of drug-likeness (QED) is 0.681. The summed E-state index contributed by atoms with van der Waals surface area (Å²) < 4.78 is 6.96. The van der Waals surface area contributed by atoms with Gasteiger partial charge in [0, 0.05) is 24.7 Å². The van der Waals surface area contributed by atoms with Gasteiger partial charge in [-0.25, -0.2) is 0 Å². The third-order valence-electron chi connectivity index (χ3n) is 4.77. The lowest BCUT2D eigenvalue weighted by Gasteiger charge is -2.27. The van der Waals surface area contributed by atoms with Gasteiger partial charge in [0.1, 0.15) is 12.3 Å². The molecule has 0 aliphatic heterocycles. The Morgan fingerprint density at radius 3 is 2.14 bits per heavy atom. The standard InChI is InChI=1S/C23H34N2O3/c1-15(2)12-24(13-16(3)4)22(26)14-25-21-11-19(28-7)9-8-18(21)10-20(17(5)6)23(25)27/h8-11,15-17H,12-14H2,1-7H3. The molecule has 2 rings (SSSR count). The number of carbonyl (C=O) groups is 1. The van der Waals surface area contributed by atoms with Crippen molar-refractivity contribution < 1.29 is 9.53 Å². The maximum Gasteiger partial charge on any atom is 0.254 e. The maximum absolute atomic E-state index is 13.2. The Morgan fingerprint density at radius 2 is 1.64 bits per heavy atom. The number of benzene rings is 1. The van der Waals surface area contributed by atoms with E-state index < -0.39 is 0 Å². The first-order valence-corrected chi connectivity index (χ1v) is 10.1. The van der Waals surface area contributed by atoms with Crippen LogP contribution in [0, 0.1) is 11.8 Å². The van der Waals surface area contributed by atoms with Crippen LogP contribution in [0.3, 0.4) is 0 Å². The highest BCUT2D eigenvalue weighted by Crippen LogP contribution is 2.23. The molecule has 0 bridgehead atoms. The van der Waals surface area contributed by atoms with Gasteiger partial charge in [-0.3, -0.25) is 14.2 Å². The van der Waals surface area contributed by atoms with Crippen molar-refractivity contribution in [1.82, 2.24) is 9.47 Å². The van der Waals surface area contributed by atoms with Gasteiger partial charge >= 0.3 is 0 Å². The van der Waals surface area contributed by atoms with Gasteiger partial charge in [0.25, 0.3) is 5.56 Å². The fourth-order valence-corrected chi connectivity index (χ4v) is 3.47. The van der Waals surface area contributed by atoms with Crippen molar-refractivity contribution in [2.75, 3.05) is 20.2 Å². The van der Waals surface area contributed by atoms with Gasteiger partial charge in [-0.1, -0.05) is 41.5 Å². The molecule has 0 atom stereocenters. The summed E-state index contributed by atoms with van der Waals surface area (Å²) in [7, 11) is 1.60. The largest absolute Gasteiger partial charge is 0.497 e. The van der Waals surface area contributed by atoms with Crippen LogP contribution in [0.4, 0.5) is 0 Å². The molecule has 0 aliphatic rings. The fourth-order valence-electron chi connectivity index (χ4n) is 3.47. The highest BCUT2D eigenvalue weighted by Gasteiger charge is 2.20. The highest BCUT2D eigenvalue weighted by molar-refractivity contribution is 5.84. The summed E-state index contributed by atoms with van der Waals surface area (Å²) in [6.07, 6.45) is 0. The molecule has 0 saturated carbocycles. The molecule has 5 heteroatoms. The van der Waals surface area contributed by atoms with Crippen LogP contribution in [0.5, 0.6) is 5.75 Å². The zero-order chi connectivity index (χ0) is 21.0. The lowest BCUT2D eigenvalue weighted by Crippen LogP contribution is -2.41. The minimum Gasteiger partial charge on any atom is -0.497 e. The van der Waals surface area contributed by atoms with Gasteiger partial charge in [-0.15, -0.1) is 0 Å². The summed E-state index contributed by atoms with van der Waals surface area (Å²) >= 11 is 0. The van der Waals surface area contributed by atoms with E-state index in [1.54, 1.807) is 11.7 Å². The Kier molecular flexibility index (Phi) is 7.28. The smallest absolute Gasteiger partial charge is 0.254 e. The molecule has 0 saturated heterocycles. The number of carbonyl (C=O) groups excluding carboxylic acids is 1. The zero-order valence-electron chi connectivity index (χ0n) is 18.3. The second-order valence-electron chi connectivity index (χ2n) is 8.66. The van der Waals surface area contributed by atoms with E-state index in [9.17, 15) is 9.59 Å². The number of fused-ring (bicyclic) bond motifs is 1. The molecule has 154 valence electrons. The van der Waals surface area contributed by atoms with Crippen molar-refractivity contribution in [3.05, 3.63) is 40.2 Å². The highest BCUT2D eigenvalue weighted by atomic mass is 16.5. The van der Waals surface area contributed by atoms with E-state index in [1.807, 2.05) is 43.0 Å². The number of aromatic nitrogens is 1. The molecule has 0 unspecified atom stereocenters. The van der Waals surface area contributed by atoms with Gasteiger partial charge in [0.05, 0.1) is 12.6 Å². The number of amides is 1. The van der Waals surface area contributed by atoms with Crippen molar-refractivity contribution in [3.8, 4) is 5.75 Å². The predicted molar refractivity (Wildman–Crippen MR) is 115 cm³/mol. The van der Waals surface area contributed by atoms with Crippen molar-refractivity contribution in [2.24, 2.45) is 11.8 Å². The average molecular weight is 387 g/mol. The molecule has 0 aliphatic carbocycles. The van der Waals surface area contributed by atoms with Crippen molar-refractivity contribution >= 4 is 16.8 Å². The summed E-state index contributed by atoms with van der Waals surface area (Å²) in [6.45, 7) is 13.8. The van der Waals surface area contributed by atoms with Crippen LogP contribution in [0.25, 0.3) is 10.9 Å². The first kappa shape index (κ1) is 22.0. The van der Waals surface area contributed by atoms with Gasteiger partial charge < -0.3 is 9.64 Å². The second-order valence-corrected chi connectivity index (χ2v) is 8.66. The fraction of sp³-hybridized carbons (Fsp3) is 0.565. The SMILES string of the molecule is COc1ccc2cc(C(C)C)c(=O)n(CC(=O)N(CC(C)C)CC(C)C)c2c1. The van der Waals surface area contributed by atoms with E-state index >= 15 is 0 Å². The van der Waals surface area contributed by atoms with E-state index in [2.05, 4.69) is 27.7 Å².